The number of thiophene rings is 2. The lowest BCUT2D eigenvalue weighted by Crippen LogP contribution is -2.33. The summed E-state index contributed by atoms with van der Waals surface area (Å²) in [5.41, 5.74) is 1.80. The Kier molecular flexibility index (Phi) is 4.50. The van der Waals surface area contributed by atoms with Crippen molar-refractivity contribution in [2.75, 3.05) is 7.11 Å². The van der Waals surface area contributed by atoms with Crippen molar-refractivity contribution in [1.82, 2.24) is 14.5 Å². The van der Waals surface area contributed by atoms with Crippen molar-refractivity contribution in [3.8, 4) is 21.9 Å². The molecule has 0 atom stereocenters. The van der Waals surface area contributed by atoms with Crippen LogP contribution in [0.1, 0.15) is 5.56 Å². The molecule has 30 heavy (non-hydrogen) atoms. The third-order valence-corrected chi connectivity index (χ3v) is 7.42. The molecule has 6 nitrogen and oxygen atoms in total. The van der Waals surface area contributed by atoms with Crippen LogP contribution in [0.3, 0.4) is 0 Å². The number of aromatic amines is 1. The van der Waals surface area contributed by atoms with Gasteiger partial charge in [-0.05, 0) is 42.1 Å². The number of fused-ring (bicyclic) bond motifs is 2. The maximum Gasteiger partial charge on any atom is 0.333 e. The van der Waals surface area contributed by atoms with E-state index in [9.17, 15) is 9.59 Å². The van der Waals surface area contributed by atoms with Crippen LogP contribution in [-0.2, 0) is 0 Å². The molecular formula is C21H14ClN3O3S2. The van der Waals surface area contributed by atoms with Crippen molar-refractivity contribution in [2.45, 2.75) is 6.92 Å². The summed E-state index contributed by atoms with van der Waals surface area (Å²) in [5, 5.41) is 3.38. The van der Waals surface area contributed by atoms with Gasteiger partial charge in [0.2, 0.25) is 0 Å². The van der Waals surface area contributed by atoms with E-state index in [2.05, 4.69) is 9.97 Å². The Morgan fingerprint density at radius 1 is 1.20 bits per heavy atom. The minimum absolute atomic E-state index is 0.385. The van der Waals surface area contributed by atoms with E-state index >= 15 is 0 Å². The van der Waals surface area contributed by atoms with Gasteiger partial charge in [0.1, 0.15) is 10.4 Å². The van der Waals surface area contributed by atoms with E-state index in [0.717, 1.165) is 30.7 Å². The van der Waals surface area contributed by atoms with Crippen LogP contribution >= 0.6 is 34.3 Å². The standard InChI is InChI=1S/C21H14ClN3O3S2/c1-10-9-29-17-8-23-7-15(18(10)17)25-20(26)19-14(24-21(25)27)6-16(30-19)12-5-11(28-2)3-4-13(12)22/h3-9H,1-2H3,(H,24,27). The van der Waals surface area contributed by atoms with Gasteiger partial charge in [0.05, 0.1) is 29.2 Å². The number of nitrogens with one attached hydrogen (secondary N) is 1. The van der Waals surface area contributed by atoms with Crippen LogP contribution in [0, 0.1) is 6.92 Å². The first kappa shape index (κ1) is 19.0. The monoisotopic (exact) mass is 455 g/mol. The fourth-order valence-corrected chi connectivity index (χ4v) is 5.75. The predicted octanol–water partition coefficient (Wildman–Crippen LogP) is 4.99. The fourth-order valence-electron chi connectivity index (χ4n) is 3.48. The number of H-pyrrole nitrogens is 1. The van der Waals surface area contributed by atoms with E-state index in [0.29, 0.717) is 26.7 Å². The highest BCUT2D eigenvalue weighted by Crippen LogP contribution is 2.37. The molecule has 5 rings (SSSR count). The van der Waals surface area contributed by atoms with Gasteiger partial charge >= 0.3 is 5.69 Å². The molecule has 0 spiro atoms. The SMILES string of the molecule is COc1ccc(Cl)c(-c2cc3[nH]c(=O)n(-c4cncc5scc(C)c45)c(=O)c3s2)c1. The van der Waals surface area contributed by atoms with E-state index in [1.165, 1.54) is 22.7 Å². The number of hydrogen-bond donors (Lipinski definition) is 1. The largest absolute Gasteiger partial charge is 0.497 e. The van der Waals surface area contributed by atoms with Crippen molar-refractivity contribution in [1.29, 1.82) is 0 Å². The van der Waals surface area contributed by atoms with Gasteiger partial charge in [-0.1, -0.05) is 11.6 Å². The van der Waals surface area contributed by atoms with Gasteiger partial charge < -0.3 is 9.72 Å². The van der Waals surface area contributed by atoms with Gasteiger partial charge in [-0.3, -0.25) is 9.78 Å². The lowest BCUT2D eigenvalue weighted by Gasteiger charge is -2.06. The maximum absolute atomic E-state index is 13.4. The minimum Gasteiger partial charge on any atom is -0.497 e. The van der Waals surface area contributed by atoms with Crippen molar-refractivity contribution < 1.29 is 4.74 Å². The van der Waals surface area contributed by atoms with E-state index in [1.807, 2.05) is 18.4 Å². The molecule has 0 fully saturated rings. The number of pyridine rings is 1. The third-order valence-electron chi connectivity index (χ3n) is 4.90. The summed E-state index contributed by atoms with van der Waals surface area (Å²) in [5.74, 6) is 0.656. The average molecular weight is 456 g/mol. The molecule has 0 saturated carbocycles. The van der Waals surface area contributed by atoms with E-state index in [1.54, 1.807) is 37.7 Å². The molecule has 5 aromatic rings. The molecule has 0 unspecified atom stereocenters. The van der Waals surface area contributed by atoms with Gasteiger partial charge in [0, 0.05) is 27.0 Å². The van der Waals surface area contributed by atoms with Crippen LogP contribution in [0.5, 0.6) is 5.75 Å². The van der Waals surface area contributed by atoms with E-state index < -0.39 is 5.69 Å². The fraction of sp³-hybridized carbons (Fsp3) is 0.0952. The summed E-state index contributed by atoms with van der Waals surface area (Å²) in [6.45, 7) is 1.95. The van der Waals surface area contributed by atoms with Gasteiger partial charge in [-0.2, -0.15) is 0 Å². The Morgan fingerprint density at radius 3 is 2.83 bits per heavy atom. The molecular weight excluding hydrogens is 442 g/mol. The van der Waals surface area contributed by atoms with Crippen molar-refractivity contribution in [2.24, 2.45) is 0 Å². The van der Waals surface area contributed by atoms with Crippen molar-refractivity contribution in [3.63, 3.8) is 0 Å². The Hall–Kier alpha value is -2.94. The minimum atomic E-state index is -0.506. The molecule has 0 aliphatic heterocycles. The molecule has 4 aromatic heterocycles. The second-order valence-corrected chi connectivity index (χ2v) is 9.09. The van der Waals surface area contributed by atoms with Crippen LogP contribution in [0.4, 0.5) is 0 Å². The number of nitrogens with zero attached hydrogens (tertiary/aromatic N) is 2. The summed E-state index contributed by atoms with van der Waals surface area (Å²) in [7, 11) is 1.58. The Balaban J connectivity index is 1.79. The summed E-state index contributed by atoms with van der Waals surface area (Å²) in [6.07, 6.45) is 3.29. The highest BCUT2D eigenvalue weighted by atomic mass is 35.5. The zero-order valence-electron chi connectivity index (χ0n) is 15.9. The van der Waals surface area contributed by atoms with Crippen LogP contribution in [0.2, 0.25) is 5.02 Å². The highest BCUT2D eigenvalue weighted by molar-refractivity contribution is 7.22. The maximum atomic E-state index is 13.4. The molecule has 0 aliphatic rings. The van der Waals surface area contributed by atoms with Gasteiger partial charge in [0.15, 0.2) is 0 Å². The molecule has 0 saturated heterocycles. The van der Waals surface area contributed by atoms with E-state index in [4.69, 9.17) is 16.3 Å². The number of aromatic nitrogens is 3. The number of benzene rings is 1. The number of rotatable bonds is 3. The van der Waals surface area contributed by atoms with Crippen LogP contribution < -0.4 is 16.0 Å². The summed E-state index contributed by atoms with van der Waals surface area (Å²) in [4.78, 5) is 34.1. The molecule has 150 valence electrons. The van der Waals surface area contributed by atoms with Crippen molar-refractivity contribution >= 4 is 54.6 Å². The molecule has 0 amide bonds. The van der Waals surface area contributed by atoms with Crippen LogP contribution in [0.25, 0.3) is 36.4 Å². The third kappa shape index (κ3) is 2.87. The molecule has 0 bridgehead atoms. The zero-order chi connectivity index (χ0) is 21.0. The number of halogens is 1. The topological polar surface area (TPSA) is 77.0 Å². The Bertz CT molecular complexity index is 1560. The first-order chi connectivity index (χ1) is 14.5. The lowest BCUT2D eigenvalue weighted by molar-refractivity contribution is 0.415. The molecule has 1 aromatic carbocycles. The average Bonchev–Trinajstić information content (AvgIpc) is 3.33. The van der Waals surface area contributed by atoms with Gasteiger partial charge in [-0.15, -0.1) is 22.7 Å². The molecule has 0 aliphatic carbocycles. The second kappa shape index (κ2) is 7.09. The number of hydrogen-bond acceptors (Lipinski definition) is 6. The lowest BCUT2D eigenvalue weighted by atomic mass is 10.1. The predicted molar refractivity (Wildman–Crippen MR) is 123 cm³/mol. The highest BCUT2D eigenvalue weighted by Gasteiger charge is 2.18. The van der Waals surface area contributed by atoms with Crippen LogP contribution in [-0.4, -0.2) is 21.6 Å². The first-order valence-corrected chi connectivity index (χ1v) is 11.0. The molecule has 1 N–H and O–H groups in total. The molecule has 0 radical (unpaired) electrons. The number of methoxy groups -OCH3 is 1. The van der Waals surface area contributed by atoms with Gasteiger partial charge in [0.25, 0.3) is 5.56 Å². The first-order valence-electron chi connectivity index (χ1n) is 8.93. The van der Waals surface area contributed by atoms with Crippen molar-refractivity contribution in [3.05, 3.63) is 73.5 Å². The molecule has 4 heterocycles. The summed E-state index contributed by atoms with van der Waals surface area (Å²) >= 11 is 9.18. The van der Waals surface area contributed by atoms with E-state index in [-0.39, 0.29) is 5.56 Å². The summed E-state index contributed by atoms with van der Waals surface area (Å²) in [6, 6.07) is 7.09. The normalized spacial score (nSPS) is 11.4. The number of ether oxygens (including phenoxy) is 1. The zero-order valence-corrected chi connectivity index (χ0v) is 18.2. The second-order valence-electron chi connectivity index (χ2n) is 6.72. The quantitative estimate of drug-likeness (QED) is 0.416. The molecule has 9 heteroatoms. The van der Waals surface area contributed by atoms with Gasteiger partial charge in [-0.25, -0.2) is 9.36 Å². The summed E-state index contributed by atoms with van der Waals surface area (Å²) < 4.78 is 7.80. The smallest absolute Gasteiger partial charge is 0.333 e. The Morgan fingerprint density at radius 2 is 2.03 bits per heavy atom. The number of aryl methyl sites for hydroxylation is 1. The van der Waals surface area contributed by atoms with Crippen LogP contribution in [0.15, 0.2) is 51.6 Å². The Labute approximate surface area is 183 Å².